The van der Waals surface area contributed by atoms with Gasteiger partial charge in [0.25, 0.3) is 0 Å². The van der Waals surface area contributed by atoms with E-state index in [1.165, 1.54) is 0 Å². The summed E-state index contributed by atoms with van der Waals surface area (Å²) in [4.78, 5) is 15.4. The van der Waals surface area contributed by atoms with Gasteiger partial charge in [0, 0.05) is 24.5 Å². The third kappa shape index (κ3) is 6.17. The number of alkyl carbamates (subject to hydrolysis) is 1. The van der Waals surface area contributed by atoms with Crippen molar-refractivity contribution in [3.8, 4) is 0 Å². The Balaban J connectivity index is 2.32. The van der Waals surface area contributed by atoms with Crippen LogP contribution in [0.5, 0.6) is 0 Å². The van der Waals surface area contributed by atoms with Crippen molar-refractivity contribution in [3.63, 3.8) is 0 Å². The van der Waals surface area contributed by atoms with E-state index in [1.807, 2.05) is 26.8 Å². The summed E-state index contributed by atoms with van der Waals surface area (Å²) in [7, 11) is 0. The van der Waals surface area contributed by atoms with Crippen LogP contribution in [0.15, 0.2) is 29.7 Å². The fraction of sp³-hybridized carbons (Fsp3) is 0.500. The Kier molecular flexibility index (Phi) is 5.96. The molecule has 0 unspecified atom stereocenters. The van der Waals surface area contributed by atoms with Crippen LogP contribution in [0.25, 0.3) is 0 Å². The van der Waals surface area contributed by atoms with E-state index in [1.54, 1.807) is 18.5 Å². The maximum absolute atomic E-state index is 11.4. The predicted octanol–water partition coefficient (Wildman–Crippen LogP) is 2.56. The average Bonchev–Trinajstić information content (AvgIpc) is 2.38. The molecule has 0 fully saturated rings. The zero-order valence-electron chi connectivity index (χ0n) is 12.1. The first-order valence-corrected chi connectivity index (χ1v) is 6.50. The first-order chi connectivity index (χ1) is 9.42. The van der Waals surface area contributed by atoms with Crippen molar-refractivity contribution >= 4 is 11.8 Å². The van der Waals surface area contributed by atoms with Crippen LogP contribution in [-0.4, -0.2) is 34.1 Å². The van der Waals surface area contributed by atoms with Gasteiger partial charge in [0.15, 0.2) is 0 Å². The van der Waals surface area contributed by atoms with Gasteiger partial charge >= 0.3 is 6.09 Å². The third-order valence-electron chi connectivity index (χ3n) is 2.37. The molecule has 0 radical (unpaired) electrons. The highest BCUT2D eigenvalue weighted by molar-refractivity contribution is 5.99. The number of hydrogen-bond donors (Lipinski definition) is 2. The molecular formula is C14H21N3O3. The van der Waals surface area contributed by atoms with Gasteiger partial charge in [-0.3, -0.25) is 4.98 Å². The molecule has 2 N–H and O–H groups in total. The molecule has 0 atom stereocenters. The Morgan fingerprint density at radius 1 is 1.50 bits per heavy atom. The molecule has 1 rings (SSSR count). The molecular weight excluding hydrogens is 258 g/mol. The number of nitrogens with zero attached hydrogens (tertiary/aromatic N) is 2. The van der Waals surface area contributed by atoms with Crippen LogP contribution in [-0.2, 0) is 4.74 Å². The highest BCUT2D eigenvalue weighted by atomic mass is 16.6. The quantitative estimate of drug-likeness (QED) is 0.375. The molecule has 1 aromatic heterocycles. The van der Waals surface area contributed by atoms with E-state index in [9.17, 15) is 4.79 Å². The maximum atomic E-state index is 11.4. The van der Waals surface area contributed by atoms with E-state index in [-0.39, 0.29) is 0 Å². The van der Waals surface area contributed by atoms with Crippen molar-refractivity contribution in [1.29, 1.82) is 0 Å². The lowest BCUT2D eigenvalue weighted by atomic mass is 10.1. The lowest BCUT2D eigenvalue weighted by molar-refractivity contribution is 0.0527. The number of rotatable bonds is 5. The van der Waals surface area contributed by atoms with E-state index in [2.05, 4.69) is 15.5 Å². The van der Waals surface area contributed by atoms with E-state index in [0.29, 0.717) is 25.1 Å². The lowest BCUT2D eigenvalue weighted by Crippen LogP contribution is -2.33. The number of pyridine rings is 1. The van der Waals surface area contributed by atoms with Crippen LogP contribution in [0.2, 0.25) is 0 Å². The first-order valence-electron chi connectivity index (χ1n) is 6.50. The zero-order valence-corrected chi connectivity index (χ0v) is 12.1. The minimum absolute atomic E-state index is 0.443. The van der Waals surface area contributed by atoms with Crippen LogP contribution < -0.4 is 5.32 Å². The third-order valence-corrected chi connectivity index (χ3v) is 2.37. The average molecular weight is 279 g/mol. The Morgan fingerprint density at radius 2 is 2.25 bits per heavy atom. The molecule has 1 aromatic rings. The molecule has 0 bridgehead atoms. The summed E-state index contributed by atoms with van der Waals surface area (Å²) in [5, 5.41) is 14.9. The van der Waals surface area contributed by atoms with E-state index >= 15 is 0 Å². The van der Waals surface area contributed by atoms with Gasteiger partial charge in [0.2, 0.25) is 0 Å². The molecule has 0 saturated heterocycles. The zero-order chi connectivity index (χ0) is 15.0. The number of oxime groups is 1. The maximum Gasteiger partial charge on any atom is 0.407 e. The predicted molar refractivity (Wildman–Crippen MR) is 76.0 cm³/mol. The molecule has 6 nitrogen and oxygen atoms in total. The van der Waals surface area contributed by atoms with Crippen molar-refractivity contribution in [2.24, 2.45) is 5.16 Å². The highest BCUT2D eigenvalue weighted by Gasteiger charge is 2.15. The van der Waals surface area contributed by atoms with Gasteiger partial charge in [-0.2, -0.15) is 0 Å². The first kappa shape index (κ1) is 15.9. The van der Waals surface area contributed by atoms with Crippen LogP contribution in [0.1, 0.15) is 39.2 Å². The van der Waals surface area contributed by atoms with Crippen molar-refractivity contribution in [1.82, 2.24) is 10.3 Å². The standard InChI is InChI=1S/C14H21N3O3/c1-14(2,3)20-13(18)16-9-5-7-12(17-19)11-6-4-8-15-10-11/h4,6,8,10,19H,5,7,9H2,1-3H3,(H,16,18). The molecule has 0 aliphatic heterocycles. The summed E-state index contributed by atoms with van der Waals surface area (Å²) in [6.45, 7) is 5.89. The molecule has 110 valence electrons. The summed E-state index contributed by atoms with van der Waals surface area (Å²) in [6.07, 6.45) is 4.03. The van der Waals surface area contributed by atoms with Crippen LogP contribution in [0.4, 0.5) is 4.79 Å². The number of carbonyl (C=O) groups is 1. The van der Waals surface area contributed by atoms with Gasteiger partial charge < -0.3 is 15.3 Å². The fourth-order valence-electron chi connectivity index (χ4n) is 1.55. The van der Waals surface area contributed by atoms with Gasteiger partial charge in [0.05, 0.1) is 5.71 Å². The lowest BCUT2D eigenvalue weighted by Gasteiger charge is -2.19. The van der Waals surface area contributed by atoms with E-state index in [0.717, 1.165) is 5.56 Å². The van der Waals surface area contributed by atoms with Crippen LogP contribution in [0, 0.1) is 0 Å². The SMILES string of the molecule is CC(C)(C)OC(=O)NCCCC(=NO)c1cccnc1. The number of nitrogens with one attached hydrogen (secondary N) is 1. The number of amides is 1. The highest BCUT2D eigenvalue weighted by Crippen LogP contribution is 2.07. The fourth-order valence-corrected chi connectivity index (χ4v) is 1.55. The second kappa shape index (κ2) is 7.47. The van der Waals surface area contributed by atoms with Crippen LogP contribution >= 0.6 is 0 Å². The minimum atomic E-state index is -0.502. The molecule has 1 heterocycles. The largest absolute Gasteiger partial charge is 0.444 e. The van der Waals surface area contributed by atoms with E-state index in [4.69, 9.17) is 9.94 Å². The summed E-state index contributed by atoms with van der Waals surface area (Å²) in [5.41, 5.74) is 0.814. The number of hydrogen-bond acceptors (Lipinski definition) is 5. The molecule has 0 aromatic carbocycles. The van der Waals surface area contributed by atoms with Crippen LogP contribution in [0.3, 0.4) is 0 Å². The van der Waals surface area contributed by atoms with Gasteiger partial charge in [0.1, 0.15) is 5.60 Å². The molecule has 20 heavy (non-hydrogen) atoms. The van der Waals surface area contributed by atoms with E-state index < -0.39 is 11.7 Å². The number of ether oxygens (including phenoxy) is 1. The minimum Gasteiger partial charge on any atom is -0.444 e. The van der Waals surface area contributed by atoms with Gasteiger partial charge in [-0.05, 0) is 45.7 Å². The summed E-state index contributed by atoms with van der Waals surface area (Å²) in [5.74, 6) is 0. The monoisotopic (exact) mass is 279 g/mol. The molecule has 0 saturated carbocycles. The molecule has 1 amide bonds. The Morgan fingerprint density at radius 3 is 2.80 bits per heavy atom. The van der Waals surface area contributed by atoms with Crippen molar-refractivity contribution in [2.45, 2.75) is 39.2 Å². The smallest absolute Gasteiger partial charge is 0.407 e. The van der Waals surface area contributed by atoms with Gasteiger partial charge in [-0.1, -0.05) is 5.16 Å². The Labute approximate surface area is 118 Å². The topological polar surface area (TPSA) is 83.8 Å². The van der Waals surface area contributed by atoms with Gasteiger partial charge in [-0.15, -0.1) is 0 Å². The van der Waals surface area contributed by atoms with Crippen molar-refractivity contribution in [2.75, 3.05) is 6.54 Å². The summed E-state index contributed by atoms with van der Waals surface area (Å²) in [6, 6.07) is 3.60. The number of aromatic nitrogens is 1. The normalized spacial score (nSPS) is 12.1. The Bertz CT molecular complexity index is 452. The molecule has 0 aliphatic carbocycles. The Hall–Kier alpha value is -2.11. The number of carbonyl (C=O) groups excluding carboxylic acids is 1. The second-order valence-corrected chi connectivity index (χ2v) is 5.32. The van der Waals surface area contributed by atoms with Crippen molar-refractivity contribution < 1.29 is 14.7 Å². The molecule has 0 aliphatic rings. The summed E-state index contributed by atoms with van der Waals surface area (Å²) >= 11 is 0. The molecule has 6 heteroatoms. The van der Waals surface area contributed by atoms with Gasteiger partial charge in [-0.25, -0.2) is 4.79 Å². The second-order valence-electron chi connectivity index (χ2n) is 5.32. The molecule has 0 spiro atoms. The summed E-state index contributed by atoms with van der Waals surface area (Å²) < 4.78 is 5.12. The van der Waals surface area contributed by atoms with Crippen molar-refractivity contribution in [3.05, 3.63) is 30.1 Å².